The van der Waals surface area contributed by atoms with Gasteiger partial charge in [-0.15, -0.1) is 10.2 Å². The van der Waals surface area contributed by atoms with Crippen LogP contribution in [0.25, 0.3) is 0 Å². The number of hydrogen-bond donors (Lipinski definition) is 0. The molecule has 1 fully saturated rings. The molecule has 0 aliphatic heterocycles. The SMILES string of the molecule is CC1CCC(COCCn2cc([C@H](c3ccccc3)C(C)C)nn2)CC1.CCOCCn1cc([C@@H](c2ccccc2)C(C)C)nn1. The minimum absolute atomic E-state index is 0.287. The molecule has 0 radical (unpaired) electrons. The fourth-order valence-corrected chi connectivity index (χ4v) is 6.45. The van der Waals surface area contributed by atoms with E-state index in [1.807, 2.05) is 28.6 Å². The third kappa shape index (κ3) is 10.9. The van der Waals surface area contributed by atoms with E-state index in [2.05, 4.69) is 116 Å². The second-order valence-electron chi connectivity index (χ2n) is 13.5. The van der Waals surface area contributed by atoms with Crippen LogP contribution < -0.4 is 0 Å². The molecule has 0 amide bonds. The van der Waals surface area contributed by atoms with Crippen molar-refractivity contribution >= 4 is 0 Å². The molecular weight excluding hydrogens is 572 g/mol. The average molecular weight is 629 g/mol. The maximum absolute atomic E-state index is 5.93. The van der Waals surface area contributed by atoms with Crippen molar-refractivity contribution in [3.63, 3.8) is 0 Å². The summed E-state index contributed by atoms with van der Waals surface area (Å²) in [4.78, 5) is 0. The summed E-state index contributed by atoms with van der Waals surface area (Å²) in [6, 6.07) is 21.1. The molecule has 2 heterocycles. The van der Waals surface area contributed by atoms with Gasteiger partial charge in [-0.2, -0.15) is 0 Å². The first kappa shape index (κ1) is 35.5. The van der Waals surface area contributed by atoms with Crippen LogP contribution in [0.5, 0.6) is 0 Å². The van der Waals surface area contributed by atoms with Crippen molar-refractivity contribution in [2.75, 3.05) is 26.4 Å². The van der Waals surface area contributed by atoms with Gasteiger partial charge in [-0.25, -0.2) is 9.36 Å². The minimum atomic E-state index is 0.287. The van der Waals surface area contributed by atoms with E-state index in [0.29, 0.717) is 25.0 Å². The summed E-state index contributed by atoms with van der Waals surface area (Å²) >= 11 is 0. The van der Waals surface area contributed by atoms with Crippen LogP contribution in [0.1, 0.15) is 102 Å². The lowest BCUT2D eigenvalue weighted by molar-refractivity contribution is 0.0724. The third-order valence-electron chi connectivity index (χ3n) is 9.02. The maximum Gasteiger partial charge on any atom is 0.0904 e. The van der Waals surface area contributed by atoms with Crippen molar-refractivity contribution in [2.45, 2.75) is 92.2 Å². The number of aromatic nitrogens is 6. The highest BCUT2D eigenvalue weighted by molar-refractivity contribution is 5.28. The topological polar surface area (TPSA) is 79.9 Å². The van der Waals surface area contributed by atoms with Gasteiger partial charge in [-0.05, 0) is 54.6 Å². The molecule has 8 nitrogen and oxygen atoms in total. The molecule has 0 spiro atoms. The Morgan fingerprint density at radius 1 is 0.674 bits per heavy atom. The molecule has 2 aromatic carbocycles. The predicted molar refractivity (Wildman–Crippen MR) is 185 cm³/mol. The fraction of sp³-hybridized carbons (Fsp3) is 0.579. The Balaban J connectivity index is 0.000000216. The molecule has 5 rings (SSSR count). The molecule has 1 aliphatic carbocycles. The Kier molecular flexibility index (Phi) is 14.4. The van der Waals surface area contributed by atoms with E-state index in [0.717, 1.165) is 49.5 Å². The first-order chi connectivity index (χ1) is 22.4. The molecule has 0 unspecified atom stereocenters. The van der Waals surface area contributed by atoms with Gasteiger partial charge >= 0.3 is 0 Å². The Bertz CT molecular complexity index is 1360. The zero-order chi connectivity index (χ0) is 32.7. The van der Waals surface area contributed by atoms with Crippen LogP contribution in [-0.2, 0) is 22.6 Å². The molecule has 0 bridgehead atoms. The summed E-state index contributed by atoms with van der Waals surface area (Å²) in [6.45, 7) is 17.8. The molecule has 4 aromatic rings. The number of nitrogens with zero attached hydrogens (tertiary/aromatic N) is 6. The summed E-state index contributed by atoms with van der Waals surface area (Å²) in [6.07, 6.45) is 9.48. The quantitative estimate of drug-likeness (QED) is 0.124. The summed E-state index contributed by atoms with van der Waals surface area (Å²) in [5.41, 5.74) is 4.67. The molecule has 1 saturated carbocycles. The lowest BCUT2D eigenvalue weighted by Crippen LogP contribution is -2.18. The van der Waals surface area contributed by atoms with Gasteiger partial charge in [0.05, 0.1) is 37.7 Å². The van der Waals surface area contributed by atoms with Gasteiger partial charge in [-0.3, -0.25) is 0 Å². The van der Waals surface area contributed by atoms with Crippen molar-refractivity contribution in [1.29, 1.82) is 0 Å². The molecule has 46 heavy (non-hydrogen) atoms. The molecule has 0 saturated heterocycles. The molecule has 8 heteroatoms. The molecule has 250 valence electrons. The van der Waals surface area contributed by atoms with Crippen molar-refractivity contribution in [3.8, 4) is 0 Å². The van der Waals surface area contributed by atoms with E-state index in [1.54, 1.807) is 0 Å². The van der Waals surface area contributed by atoms with Crippen LogP contribution in [0, 0.1) is 23.7 Å². The van der Waals surface area contributed by atoms with Crippen LogP contribution >= 0.6 is 0 Å². The van der Waals surface area contributed by atoms with Crippen molar-refractivity contribution < 1.29 is 9.47 Å². The van der Waals surface area contributed by atoms with Gasteiger partial charge in [0.2, 0.25) is 0 Å². The highest BCUT2D eigenvalue weighted by Gasteiger charge is 2.23. The van der Waals surface area contributed by atoms with Crippen LogP contribution in [-0.4, -0.2) is 56.4 Å². The second kappa shape index (κ2) is 18.7. The van der Waals surface area contributed by atoms with Gasteiger partial charge in [0.1, 0.15) is 0 Å². The summed E-state index contributed by atoms with van der Waals surface area (Å²) in [5.74, 6) is 3.19. The van der Waals surface area contributed by atoms with Crippen molar-refractivity contribution in [2.24, 2.45) is 23.7 Å². The molecule has 2 atom stereocenters. The highest BCUT2D eigenvalue weighted by Crippen LogP contribution is 2.31. The molecule has 1 aliphatic rings. The smallest absolute Gasteiger partial charge is 0.0904 e. The zero-order valence-electron chi connectivity index (χ0n) is 29.0. The largest absolute Gasteiger partial charge is 0.380 e. The minimum Gasteiger partial charge on any atom is -0.380 e. The summed E-state index contributed by atoms with van der Waals surface area (Å²) in [7, 11) is 0. The highest BCUT2D eigenvalue weighted by atomic mass is 16.5. The van der Waals surface area contributed by atoms with E-state index in [1.165, 1.54) is 36.8 Å². The third-order valence-corrected chi connectivity index (χ3v) is 9.02. The Labute approximate surface area is 276 Å². The molecule has 2 aromatic heterocycles. The lowest BCUT2D eigenvalue weighted by atomic mass is 9.83. The molecular formula is C38H56N6O2. The zero-order valence-corrected chi connectivity index (χ0v) is 29.0. The van der Waals surface area contributed by atoms with Gasteiger partial charge in [0, 0.05) is 37.4 Å². The van der Waals surface area contributed by atoms with Crippen LogP contribution in [0.4, 0.5) is 0 Å². The number of ether oxygens (including phenoxy) is 2. The first-order valence-corrected chi connectivity index (χ1v) is 17.4. The molecule has 0 N–H and O–H groups in total. The summed E-state index contributed by atoms with van der Waals surface area (Å²) < 4.78 is 15.1. The number of benzene rings is 2. The summed E-state index contributed by atoms with van der Waals surface area (Å²) in [5, 5.41) is 17.3. The van der Waals surface area contributed by atoms with Crippen LogP contribution in [0.15, 0.2) is 73.1 Å². The number of hydrogen-bond acceptors (Lipinski definition) is 6. The Hall–Kier alpha value is -3.36. The monoisotopic (exact) mass is 628 g/mol. The van der Waals surface area contributed by atoms with Crippen LogP contribution in [0.3, 0.4) is 0 Å². The van der Waals surface area contributed by atoms with Gasteiger partial charge < -0.3 is 9.47 Å². The van der Waals surface area contributed by atoms with Gasteiger partial charge in [0.15, 0.2) is 0 Å². The van der Waals surface area contributed by atoms with Crippen LogP contribution in [0.2, 0.25) is 0 Å². The van der Waals surface area contributed by atoms with Gasteiger partial charge in [-0.1, -0.05) is 119 Å². The average Bonchev–Trinajstić information content (AvgIpc) is 3.72. The number of rotatable bonds is 15. The first-order valence-electron chi connectivity index (χ1n) is 17.4. The van der Waals surface area contributed by atoms with E-state index in [9.17, 15) is 0 Å². The Morgan fingerprint density at radius 3 is 1.57 bits per heavy atom. The van der Waals surface area contributed by atoms with E-state index in [-0.39, 0.29) is 11.8 Å². The van der Waals surface area contributed by atoms with Crippen molar-refractivity contribution in [3.05, 3.63) is 95.6 Å². The normalized spacial score (nSPS) is 17.9. The van der Waals surface area contributed by atoms with E-state index in [4.69, 9.17) is 9.47 Å². The lowest BCUT2D eigenvalue weighted by Gasteiger charge is -2.25. The van der Waals surface area contributed by atoms with E-state index >= 15 is 0 Å². The predicted octanol–water partition coefficient (Wildman–Crippen LogP) is 8.01. The fourth-order valence-electron chi connectivity index (χ4n) is 6.45. The standard InChI is InChI=1S/C22H33N3O.C16H23N3O/c1-17(2)22(20-7-5-4-6-8-20)21-15-25(24-23-21)13-14-26-16-19-11-9-18(3)10-12-19;1-4-20-11-10-19-12-15(17-18-19)16(13(2)3)14-8-6-5-7-9-14/h4-8,15,17-19,22H,9-14,16H2,1-3H3;5-9,12-13,16H,4,10-11H2,1-3H3/t18?,19?,22-;16-/m01/s1. The Morgan fingerprint density at radius 2 is 1.13 bits per heavy atom. The van der Waals surface area contributed by atoms with E-state index < -0.39 is 0 Å². The maximum atomic E-state index is 5.93. The van der Waals surface area contributed by atoms with Crippen molar-refractivity contribution in [1.82, 2.24) is 30.0 Å². The second-order valence-corrected chi connectivity index (χ2v) is 13.5. The van der Waals surface area contributed by atoms with Gasteiger partial charge in [0.25, 0.3) is 0 Å².